The Labute approximate surface area is 272 Å². The van der Waals surface area contributed by atoms with Crippen molar-refractivity contribution in [2.75, 3.05) is 39.1 Å². The second-order valence-corrected chi connectivity index (χ2v) is 14.3. The predicted octanol–water partition coefficient (Wildman–Crippen LogP) is 4.22. The van der Waals surface area contributed by atoms with E-state index >= 15 is 0 Å². The zero-order chi connectivity index (χ0) is 32.1. The third-order valence-corrected chi connectivity index (χ3v) is 11.7. The summed E-state index contributed by atoms with van der Waals surface area (Å²) < 4.78 is 35.0. The molecule has 0 saturated carbocycles. The van der Waals surface area contributed by atoms with Gasteiger partial charge in [0, 0.05) is 30.4 Å². The lowest BCUT2D eigenvalue weighted by Gasteiger charge is -2.55. The van der Waals surface area contributed by atoms with Crippen LogP contribution in [0, 0.1) is 11.3 Å². The third-order valence-electron chi connectivity index (χ3n) is 11.7. The van der Waals surface area contributed by atoms with E-state index in [1.807, 2.05) is 31.1 Å². The molecule has 4 aromatic rings. The fourth-order valence-electron chi connectivity index (χ4n) is 9.18. The average molecular weight is 639 g/mol. The van der Waals surface area contributed by atoms with Gasteiger partial charge in [-0.1, -0.05) is 11.2 Å². The SMILES string of the molecule is C[C@H](Oc1nc(-c2noc3c2CCC[C@@]32CCCc3ccc(N)c(C#N)c32)cc2c1cnn2[C@@H]1CNC12COC2)[C@@H]1C[C@@H](F)CN1C. The molecule has 3 aromatic heterocycles. The Morgan fingerprint density at radius 3 is 2.77 bits per heavy atom. The van der Waals surface area contributed by atoms with Crippen LogP contribution >= 0.6 is 0 Å². The lowest BCUT2D eigenvalue weighted by atomic mass is 9.61. The van der Waals surface area contributed by atoms with E-state index < -0.39 is 11.6 Å². The van der Waals surface area contributed by atoms with Gasteiger partial charge < -0.3 is 25.0 Å². The largest absolute Gasteiger partial charge is 0.472 e. The highest BCUT2D eigenvalue weighted by molar-refractivity contribution is 5.87. The number of pyridine rings is 1. The number of rotatable bonds is 5. The minimum absolute atomic E-state index is 0.0698. The van der Waals surface area contributed by atoms with Gasteiger partial charge in [0.1, 0.15) is 24.0 Å². The molecule has 5 aliphatic rings. The highest BCUT2D eigenvalue weighted by Gasteiger charge is 2.54. The van der Waals surface area contributed by atoms with Crippen molar-refractivity contribution in [3.05, 3.63) is 52.4 Å². The molecule has 12 heteroatoms. The molecular formula is C35H39FN8O3. The minimum atomic E-state index is -0.874. The van der Waals surface area contributed by atoms with Crippen LogP contribution in [0.1, 0.15) is 73.1 Å². The first-order valence-corrected chi connectivity index (χ1v) is 16.9. The van der Waals surface area contributed by atoms with Crippen molar-refractivity contribution in [1.82, 2.24) is 30.1 Å². The molecule has 0 bridgehead atoms. The number of aryl methyl sites for hydroxylation is 1. The summed E-state index contributed by atoms with van der Waals surface area (Å²) >= 11 is 0. The summed E-state index contributed by atoms with van der Waals surface area (Å²) in [6, 6.07) is 8.45. The number of halogens is 1. The van der Waals surface area contributed by atoms with Crippen molar-refractivity contribution >= 4 is 16.6 Å². The molecule has 47 heavy (non-hydrogen) atoms. The maximum absolute atomic E-state index is 14.4. The van der Waals surface area contributed by atoms with Crippen molar-refractivity contribution < 1.29 is 18.4 Å². The van der Waals surface area contributed by atoms with E-state index in [0.29, 0.717) is 54.7 Å². The molecule has 244 valence electrons. The van der Waals surface area contributed by atoms with Crippen LogP contribution in [0.15, 0.2) is 28.9 Å². The summed E-state index contributed by atoms with van der Waals surface area (Å²) in [4.78, 5) is 7.12. The fraction of sp³-hybridized carbons (Fsp3) is 0.543. The van der Waals surface area contributed by atoms with Crippen LogP contribution in [-0.2, 0) is 23.0 Å². The number of benzene rings is 1. The van der Waals surface area contributed by atoms with Gasteiger partial charge in [-0.25, -0.2) is 9.37 Å². The first kappa shape index (κ1) is 29.1. The smallest absolute Gasteiger partial charge is 0.225 e. The van der Waals surface area contributed by atoms with Crippen LogP contribution in [0.5, 0.6) is 5.88 Å². The number of alkyl halides is 1. The van der Waals surface area contributed by atoms with Crippen molar-refractivity contribution in [2.24, 2.45) is 0 Å². The number of nitriles is 1. The number of ether oxygens (including phenoxy) is 2. The van der Waals surface area contributed by atoms with Crippen LogP contribution in [-0.4, -0.2) is 82.0 Å². The van der Waals surface area contributed by atoms with Gasteiger partial charge >= 0.3 is 0 Å². The lowest BCUT2D eigenvalue weighted by Crippen LogP contribution is -2.75. The topological polar surface area (TPSA) is 140 Å². The second-order valence-electron chi connectivity index (χ2n) is 14.3. The molecule has 3 saturated heterocycles. The van der Waals surface area contributed by atoms with Crippen LogP contribution < -0.4 is 15.8 Å². The summed E-state index contributed by atoms with van der Waals surface area (Å²) in [7, 11) is 1.94. The second kappa shape index (κ2) is 10.5. The van der Waals surface area contributed by atoms with Gasteiger partial charge in [0.15, 0.2) is 5.76 Å². The Balaban J connectivity index is 1.18. The van der Waals surface area contributed by atoms with Crippen LogP contribution in [0.4, 0.5) is 10.1 Å². The Morgan fingerprint density at radius 2 is 2.06 bits per heavy atom. The molecule has 0 amide bonds. The highest BCUT2D eigenvalue weighted by atomic mass is 19.1. The van der Waals surface area contributed by atoms with E-state index in [0.717, 1.165) is 78.4 Å². The summed E-state index contributed by atoms with van der Waals surface area (Å²) in [5.74, 6) is 1.28. The first-order valence-electron chi connectivity index (χ1n) is 16.9. The van der Waals surface area contributed by atoms with E-state index in [1.54, 1.807) is 0 Å². The van der Waals surface area contributed by atoms with Crippen LogP contribution in [0.25, 0.3) is 22.3 Å². The van der Waals surface area contributed by atoms with E-state index in [1.165, 1.54) is 0 Å². The van der Waals surface area contributed by atoms with Crippen molar-refractivity contribution in [2.45, 2.75) is 87.2 Å². The number of hydrogen-bond donors (Lipinski definition) is 2. The molecule has 2 aliphatic carbocycles. The normalized spacial score (nSPS) is 28.4. The third kappa shape index (κ3) is 4.15. The summed E-state index contributed by atoms with van der Waals surface area (Å²) in [5, 5.41) is 24.2. The molecule has 11 nitrogen and oxygen atoms in total. The van der Waals surface area contributed by atoms with Crippen molar-refractivity contribution in [3.8, 4) is 23.3 Å². The Kier molecular flexibility index (Phi) is 6.49. The maximum Gasteiger partial charge on any atom is 0.225 e. The monoisotopic (exact) mass is 638 g/mol. The predicted molar refractivity (Wildman–Crippen MR) is 172 cm³/mol. The molecule has 3 aliphatic heterocycles. The van der Waals surface area contributed by atoms with Gasteiger partial charge in [-0.15, -0.1) is 0 Å². The number of nitrogen functional groups attached to an aromatic ring is 1. The maximum atomic E-state index is 14.4. The fourth-order valence-corrected chi connectivity index (χ4v) is 9.18. The number of hydrogen-bond acceptors (Lipinski definition) is 10. The quantitative estimate of drug-likeness (QED) is 0.305. The Hall–Kier alpha value is -4.05. The number of likely N-dealkylation sites (N-methyl/N-ethyl adjacent to an activating group) is 1. The number of nitrogens with one attached hydrogen (secondary N) is 1. The van der Waals surface area contributed by atoms with Gasteiger partial charge in [0.25, 0.3) is 0 Å². The number of nitrogens with two attached hydrogens (primary N) is 1. The standard InChI is InChI=1S/C35H39FN8O3/c1-19(27-11-21(36)16-43(27)2)46-33-24-14-40-44(29-15-39-35(29)17-45-18-35)28(24)12-26(41-33)31-22-6-4-10-34(32(22)47-42-31)9-3-5-20-7-8-25(38)23(13-37)30(20)34/h7-8,12,14,19,21,27,29,39H,3-6,9-11,15-18,38H2,1-2H3/t19-,21+,27-,29+,34+/m0/s1. The molecule has 3 N–H and O–H groups in total. The number of nitrogens with zero attached hydrogens (tertiary/aromatic N) is 6. The first-order chi connectivity index (χ1) is 22.8. The Bertz CT molecular complexity index is 1940. The molecule has 0 radical (unpaired) electrons. The molecule has 9 rings (SSSR count). The van der Waals surface area contributed by atoms with Gasteiger partial charge in [0.2, 0.25) is 5.88 Å². The van der Waals surface area contributed by atoms with Crippen LogP contribution in [0.3, 0.4) is 0 Å². The molecule has 6 heterocycles. The van der Waals surface area contributed by atoms with Gasteiger partial charge in [-0.3, -0.25) is 9.58 Å². The lowest BCUT2D eigenvalue weighted by molar-refractivity contribution is -0.139. The molecule has 5 atom stereocenters. The number of fused-ring (bicyclic) bond motifs is 5. The van der Waals surface area contributed by atoms with E-state index in [9.17, 15) is 9.65 Å². The number of aromatic nitrogens is 4. The zero-order valence-corrected chi connectivity index (χ0v) is 26.8. The molecule has 1 aromatic carbocycles. The highest BCUT2D eigenvalue weighted by Crippen LogP contribution is 2.53. The molecule has 0 unspecified atom stereocenters. The summed E-state index contributed by atoms with van der Waals surface area (Å²) in [6.45, 7) is 4.46. The van der Waals surface area contributed by atoms with E-state index in [-0.39, 0.29) is 23.7 Å². The molecule has 2 spiro atoms. The van der Waals surface area contributed by atoms with Gasteiger partial charge in [-0.05, 0) is 82.2 Å². The molecule has 3 fully saturated rings. The van der Waals surface area contributed by atoms with Crippen molar-refractivity contribution in [3.63, 3.8) is 0 Å². The average Bonchev–Trinajstić information content (AvgIpc) is 3.73. The van der Waals surface area contributed by atoms with Crippen molar-refractivity contribution in [1.29, 1.82) is 5.26 Å². The minimum Gasteiger partial charge on any atom is -0.472 e. The van der Waals surface area contributed by atoms with Crippen LogP contribution in [0.2, 0.25) is 0 Å². The Morgan fingerprint density at radius 1 is 1.23 bits per heavy atom. The van der Waals surface area contributed by atoms with Gasteiger partial charge in [0.05, 0.1) is 58.6 Å². The van der Waals surface area contributed by atoms with E-state index in [4.69, 9.17) is 35.0 Å². The summed E-state index contributed by atoms with van der Waals surface area (Å²) in [5.41, 5.74) is 12.3. The summed E-state index contributed by atoms with van der Waals surface area (Å²) in [6.07, 6.45) is 6.44. The zero-order valence-electron chi connectivity index (χ0n) is 26.8. The van der Waals surface area contributed by atoms with E-state index in [2.05, 4.69) is 28.2 Å². The van der Waals surface area contributed by atoms with Gasteiger partial charge in [-0.2, -0.15) is 10.4 Å². The molecular weight excluding hydrogens is 599 g/mol. The number of likely N-dealkylation sites (tertiary alicyclic amines) is 1. The number of anilines is 1.